The molecule has 1 saturated heterocycles. The third-order valence-electron chi connectivity index (χ3n) is 5.80. The number of carboxylic acid groups (broad SMARTS) is 1. The molecule has 28 heavy (non-hydrogen) atoms. The first-order valence-corrected chi connectivity index (χ1v) is 9.22. The molecule has 1 N–H and O–H groups in total. The number of aryl methyl sites for hydroxylation is 1. The van der Waals surface area contributed by atoms with Gasteiger partial charge in [-0.15, -0.1) is 0 Å². The van der Waals surface area contributed by atoms with Crippen molar-refractivity contribution in [2.75, 3.05) is 18.0 Å². The average Bonchev–Trinajstić information content (AvgIpc) is 3.19. The van der Waals surface area contributed by atoms with E-state index in [0.717, 1.165) is 6.07 Å². The maximum Gasteiger partial charge on any atom is 0.416 e. The van der Waals surface area contributed by atoms with Gasteiger partial charge in [-0.1, -0.05) is 18.2 Å². The van der Waals surface area contributed by atoms with Gasteiger partial charge in [0.15, 0.2) is 5.69 Å². The Bertz CT molecular complexity index is 902. The Morgan fingerprint density at radius 2 is 1.79 bits per heavy atom. The van der Waals surface area contributed by atoms with E-state index in [-0.39, 0.29) is 23.4 Å². The van der Waals surface area contributed by atoms with Gasteiger partial charge in [-0.2, -0.15) is 13.2 Å². The topological polar surface area (TPSA) is 66.3 Å². The number of aromatic nitrogens is 2. The first kappa shape index (κ1) is 18.7. The molecule has 148 valence electrons. The fourth-order valence-corrected chi connectivity index (χ4v) is 4.63. The number of nitrogens with zero attached hydrogens (tertiary/aromatic N) is 3. The number of fused-ring (bicyclic) bond motifs is 1. The van der Waals surface area contributed by atoms with Gasteiger partial charge in [0.05, 0.1) is 5.56 Å². The first-order chi connectivity index (χ1) is 13.2. The molecule has 2 aromatic rings. The van der Waals surface area contributed by atoms with Crippen molar-refractivity contribution in [3.8, 4) is 0 Å². The molecular formula is C20H20F3N3O2. The summed E-state index contributed by atoms with van der Waals surface area (Å²) < 4.78 is 40.0. The standard InChI is InChI=1S/C20H20F3N3O2/c1-11-6-17(18(27)28)25-19(24-11)26-9-13-7-12(8-14(13)10-26)15-4-2-3-5-16(15)20(21,22)23/h2-6,12-14H,7-10H2,1H3,(H,27,28)/t12-,13-,14?/m0/s1. The van der Waals surface area contributed by atoms with Crippen LogP contribution in [0.5, 0.6) is 0 Å². The Labute approximate surface area is 160 Å². The van der Waals surface area contributed by atoms with E-state index in [1.165, 1.54) is 12.1 Å². The molecule has 0 radical (unpaired) electrons. The fourth-order valence-electron chi connectivity index (χ4n) is 4.63. The predicted molar refractivity (Wildman–Crippen MR) is 96.3 cm³/mol. The second kappa shape index (κ2) is 6.76. The molecule has 4 rings (SSSR count). The smallest absolute Gasteiger partial charge is 0.416 e. The van der Waals surface area contributed by atoms with Crippen molar-refractivity contribution < 1.29 is 23.1 Å². The van der Waals surface area contributed by atoms with Crippen molar-refractivity contribution in [2.45, 2.75) is 31.9 Å². The summed E-state index contributed by atoms with van der Waals surface area (Å²) in [5.74, 6) is -0.315. The molecule has 2 fully saturated rings. The predicted octanol–water partition coefficient (Wildman–Crippen LogP) is 4.13. The first-order valence-electron chi connectivity index (χ1n) is 9.22. The van der Waals surface area contributed by atoms with Crippen LogP contribution in [0.3, 0.4) is 0 Å². The quantitative estimate of drug-likeness (QED) is 0.852. The lowest BCUT2D eigenvalue weighted by Crippen LogP contribution is -2.25. The third-order valence-corrected chi connectivity index (χ3v) is 5.80. The number of carboxylic acids is 1. The molecule has 5 nitrogen and oxygen atoms in total. The van der Waals surface area contributed by atoms with E-state index in [0.29, 0.717) is 43.1 Å². The number of rotatable bonds is 3. The Morgan fingerprint density at radius 1 is 1.14 bits per heavy atom. The highest BCUT2D eigenvalue weighted by atomic mass is 19.4. The van der Waals surface area contributed by atoms with Gasteiger partial charge < -0.3 is 10.0 Å². The van der Waals surface area contributed by atoms with Gasteiger partial charge in [-0.25, -0.2) is 14.8 Å². The van der Waals surface area contributed by atoms with E-state index in [1.807, 2.05) is 4.90 Å². The largest absolute Gasteiger partial charge is 0.477 e. The van der Waals surface area contributed by atoms with Crippen LogP contribution in [0.4, 0.5) is 19.1 Å². The highest BCUT2D eigenvalue weighted by Gasteiger charge is 2.44. The van der Waals surface area contributed by atoms with E-state index in [9.17, 15) is 23.1 Å². The van der Waals surface area contributed by atoms with Crippen molar-refractivity contribution in [1.29, 1.82) is 0 Å². The van der Waals surface area contributed by atoms with Gasteiger partial charge in [0, 0.05) is 18.8 Å². The van der Waals surface area contributed by atoms with Crippen LogP contribution < -0.4 is 4.90 Å². The van der Waals surface area contributed by atoms with Gasteiger partial charge in [0.1, 0.15) is 0 Å². The minimum atomic E-state index is -4.34. The zero-order chi connectivity index (χ0) is 20.1. The second-order valence-electron chi connectivity index (χ2n) is 7.68. The molecule has 1 aromatic carbocycles. The number of anilines is 1. The molecule has 8 heteroatoms. The average molecular weight is 391 g/mol. The van der Waals surface area contributed by atoms with Crippen molar-refractivity contribution in [3.05, 3.63) is 52.8 Å². The minimum absolute atomic E-state index is 0.0449. The maximum absolute atomic E-state index is 13.3. The molecule has 1 aliphatic carbocycles. The Kier molecular flexibility index (Phi) is 4.51. The summed E-state index contributed by atoms with van der Waals surface area (Å²) >= 11 is 0. The third kappa shape index (κ3) is 3.43. The number of carbonyl (C=O) groups is 1. The van der Waals surface area contributed by atoms with Crippen LogP contribution in [0.15, 0.2) is 30.3 Å². The summed E-state index contributed by atoms with van der Waals surface area (Å²) in [4.78, 5) is 21.7. The summed E-state index contributed by atoms with van der Waals surface area (Å²) in [7, 11) is 0. The number of aromatic carboxylic acids is 1. The van der Waals surface area contributed by atoms with Crippen molar-refractivity contribution >= 4 is 11.9 Å². The van der Waals surface area contributed by atoms with E-state index in [4.69, 9.17) is 0 Å². The van der Waals surface area contributed by atoms with Gasteiger partial charge in [-0.05, 0) is 55.2 Å². The van der Waals surface area contributed by atoms with Crippen LogP contribution in [-0.2, 0) is 6.18 Å². The normalized spacial score (nSPS) is 24.4. The summed E-state index contributed by atoms with van der Waals surface area (Å²) in [6.45, 7) is 2.99. The second-order valence-corrected chi connectivity index (χ2v) is 7.68. The molecule has 2 heterocycles. The maximum atomic E-state index is 13.3. The molecule has 1 unspecified atom stereocenters. The Hall–Kier alpha value is -2.64. The molecule has 3 atom stereocenters. The van der Waals surface area contributed by atoms with E-state index in [2.05, 4.69) is 9.97 Å². The summed E-state index contributed by atoms with van der Waals surface area (Å²) in [5, 5.41) is 9.19. The van der Waals surface area contributed by atoms with Crippen LogP contribution in [-0.4, -0.2) is 34.1 Å². The van der Waals surface area contributed by atoms with Gasteiger partial charge in [-0.3, -0.25) is 0 Å². The van der Waals surface area contributed by atoms with E-state index in [1.54, 1.807) is 19.1 Å². The summed E-state index contributed by atoms with van der Waals surface area (Å²) in [6, 6.07) is 7.27. The molecule has 0 amide bonds. The monoisotopic (exact) mass is 391 g/mol. The van der Waals surface area contributed by atoms with Gasteiger partial charge in [0.25, 0.3) is 0 Å². The number of halogens is 3. The summed E-state index contributed by atoms with van der Waals surface area (Å²) in [6.07, 6.45) is -2.97. The van der Waals surface area contributed by atoms with Crippen LogP contribution in [0, 0.1) is 18.8 Å². The molecule has 1 aromatic heterocycles. The Balaban J connectivity index is 1.51. The summed E-state index contributed by atoms with van der Waals surface area (Å²) in [5.41, 5.74) is 0.383. The molecule has 0 bridgehead atoms. The lowest BCUT2D eigenvalue weighted by atomic mass is 9.91. The van der Waals surface area contributed by atoms with Crippen LogP contribution in [0.2, 0.25) is 0 Å². The SMILES string of the molecule is Cc1cc(C(=O)O)nc(N2CC3C[C@@H](c4ccccc4C(F)(F)F)C[C@H]3C2)n1. The van der Waals surface area contributed by atoms with E-state index < -0.39 is 17.7 Å². The molecule has 2 aliphatic rings. The van der Waals surface area contributed by atoms with Crippen LogP contribution >= 0.6 is 0 Å². The van der Waals surface area contributed by atoms with Crippen molar-refractivity contribution in [3.63, 3.8) is 0 Å². The molecule has 0 spiro atoms. The zero-order valence-electron chi connectivity index (χ0n) is 15.3. The van der Waals surface area contributed by atoms with Crippen LogP contribution in [0.25, 0.3) is 0 Å². The number of benzene rings is 1. The highest BCUT2D eigenvalue weighted by Crippen LogP contribution is 2.49. The number of alkyl halides is 3. The molecular weight excluding hydrogens is 371 g/mol. The lowest BCUT2D eigenvalue weighted by molar-refractivity contribution is -0.138. The number of hydrogen-bond donors (Lipinski definition) is 1. The fraction of sp³-hybridized carbons (Fsp3) is 0.450. The van der Waals surface area contributed by atoms with Crippen molar-refractivity contribution in [2.24, 2.45) is 11.8 Å². The van der Waals surface area contributed by atoms with E-state index >= 15 is 0 Å². The number of hydrogen-bond acceptors (Lipinski definition) is 4. The molecule has 1 aliphatic heterocycles. The van der Waals surface area contributed by atoms with Crippen LogP contribution in [0.1, 0.15) is 46.1 Å². The highest BCUT2D eigenvalue weighted by molar-refractivity contribution is 5.85. The minimum Gasteiger partial charge on any atom is -0.477 e. The lowest BCUT2D eigenvalue weighted by Gasteiger charge is -2.21. The van der Waals surface area contributed by atoms with Crippen molar-refractivity contribution in [1.82, 2.24) is 9.97 Å². The van der Waals surface area contributed by atoms with Gasteiger partial charge >= 0.3 is 12.1 Å². The zero-order valence-corrected chi connectivity index (χ0v) is 15.3. The Morgan fingerprint density at radius 3 is 2.39 bits per heavy atom. The van der Waals surface area contributed by atoms with Gasteiger partial charge in [0.2, 0.25) is 5.95 Å². The molecule has 1 saturated carbocycles.